The minimum Gasteiger partial charge on any atom is -0.271 e. The summed E-state index contributed by atoms with van der Waals surface area (Å²) in [6.45, 7) is 2.06. The molecule has 2 aromatic rings. The molecule has 2 rings (SSSR count). The lowest BCUT2D eigenvalue weighted by atomic mass is 9.97. The van der Waals surface area contributed by atoms with Gasteiger partial charge in [0.2, 0.25) is 0 Å². The first kappa shape index (κ1) is 10.7. The third-order valence-corrected chi connectivity index (χ3v) is 2.58. The Bertz CT molecular complexity index is 456. The monoisotopic (exact) mass is 214 g/mol. The van der Waals surface area contributed by atoms with Gasteiger partial charge in [-0.1, -0.05) is 24.3 Å². The van der Waals surface area contributed by atoms with E-state index in [2.05, 4.69) is 28.4 Å². The van der Waals surface area contributed by atoms with E-state index in [1.54, 1.807) is 12.4 Å². The quantitative estimate of drug-likeness (QED) is 0.597. The highest BCUT2D eigenvalue weighted by Crippen LogP contribution is 2.22. The molecule has 4 nitrogen and oxygen atoms in total. The van der Waals surface area contributed by atoms with Gasteiger partial charge in [-0.05, 0) is 18.1 Å². The van der Waals surface area contributed by atoms with Gasteiger partial charge < -0.3 is 0 Å². The van der Waals surface area contributed by atoms with Gasteiger partial charge in [0.05, 0.1) is 6.04 Å². The smallest absolute Gasteiger partial charge is 0.115 e. The van der Waals surface area contributed by atoms with Gasteiger partial charge in [0.15, 0.2) is 0 Å². The van der Waals surface area contributed by atoms with Crippen LogP contribution in [0, 0.1) is 6.92 Å². The summed E-state index contributed by atoms with van der Waals surface area (Å²) in [7, 11) is 0. The fourth-order valence-electron chi connectivity index (χ4n) is 1.74. The van der Waals surface area contributed by atoms with Crippen molar-refractivity contribution in [3.05, 3.63) is 59.7 Å². The summed E-state index contributed by atoms with van der Waals surface area (Å²) in [4.78, 5) is 8.00. The predicted octanol–water partition coefficient (Wildman–Crippen LogP) is 1.34. The van der Waals surface area contributed by atoms with Gasteiger partial charge >= 0.3 is 0 Å². The Kier molecular flexibility index (Phi) is 3.24. The summed E-state index contributed by atoms with van der Waals surface area (Å²) in [5.74, 6) is 5.60. The Morgan fingerprint density at radius 3 is 2.50 bits per heavy atom. The molecule has 82 valence electrons. The highest BCUT2D eigenvalue weighted by Gasteiger charge is 2.14. The fourth-order valence-corrected chi connectivity index (χ4v) is 1.74. The first-order chi connectivity index (χ1) is 7.83. The molecule has 0 aliphatic rings. The van der Waals surface area contributed by atoms with E-state index in [9.17, 15) is 0 Å². The molecule has 0 spiro atoms. The van der Waals surface area contributed by atoms with Gasteiger partial charge in [0, 0.05) is 18.0 Å². The number of hydrogen-bond donors (Lipinski definition) is 2. The van der Waals surface area contributed by atoms with Crippen molar-refractivity contribution < 1.29 is 0 Å². The van der Waals surface area contributed by atoms with Crippen molar-refractivity contribution in [1.29, 1.82) is 0 Å². The lowest BCUT2D eigenvalue weighted by Crippen LogP contribution is -2.29. The number of nitrogens with one attached hydrogen (secondary N) is 1. The van der Waals surface area contributed by atoms with Crippen LogP contribution in [0.15, 0.2) is 43.0 Å². The molecule has 0 amide bonds. The minimum absolute atomic E-state index is 0.0672. The first-order valence-electron chi connectivity index (χ1n) is 5.09. The van der Waals surface area contributed by atoms with E-state index in [1.165, 1.54) is 11.9 Å². The molecule has 16 heavy (non-hydrogen) atoms. The zero-order chi connectivity index (χ0) is 11.4. The van der Waals surface area contributed by atoms with Crippen molar-refractivity contribution in [2.24, 2.45) is 5.84 Å². The second-order valence-electron chi connectivity index (χ2n) is 3.63. The van der Waals surface area contributed by atoms with Gasteiger partial charge in [0.1, 0.15) is 6.33 Å². The maximum absolute atomic E-state index is 5.60. The van der Waals surface area contributed by atoms with Crippen LogP contribution in [0.5, 0.6) is 0 Å². The highest BCUT2D eigenvalue weighted by molar-refractivity contribution is 5.34. The third kappa shape index (κ3) is 2.08. The molecule has 0 saturated heterocycles. The van der Waals surface area contributed by atoms with Crippen LogP contribution in [0.3, 0.4) is 0 Å². The van der Waals surface area contributed by atoms with Crippen molar-refractivity contribution in [2.45, 2.75) is 13.0 Å². The third-order valence-electron chi connectivity index (χ3n) is 2.58. The summed E-state index contributed by atoms with van der Waals surface area (Å²) in [5, 5.41) is 0. The van der Waals surface area contributed by atoms with Crippen LogP contribution in [0.25, 0.3) is 0 Å². The first-order valence-corrected chi connectivity index (χ1v) is 5.09. The number of nitrogens with two attached hydrogens (primary N) is 1. The highest BCUT2D eigenvalue weighted by atomic mass is 15.2. The van der Waals surface area contributed by atoms with E-state index in [1.807, 2.05) is 18.2 Å². The van der Waals surface area contributed by atoms with Gasteiger partial charge in [-0.2, -0.15) is 0 Å². The Morgan fingerprint density at radius 1 is 1.19 bits per heavy atom. The summed E-state index contributed by atoms with van der Waals surface area (Å²) in [6.07, 6.45) is 5.04. The lowest BCUT2D eigenvalue weighted by Gasteiger charge is -2.17. The van der Waals surface area contributed by atoms with E-state index in [-0.39, 0.29) is 6.04 Å². The van der Waals surface area contributed by atoms with Crippen molar-refractivity contribution in [2.75, 3.05) is 0 Å². The molecular formula is C12H14N4. The molecule has 0 fully saturated rings. The molecule has 1 unspecified atom stereocenters. The number of rotatable bonds is 3. The molecule has 0 saturated carbocycles. The Hall–Kier alpha value is -1.78. The summed E-state index contributed by atoms with van der Waals surface area (Å²) in [6, 6.07) is 8.04. The van der Waals surface area contributed by atoms with Crippen molar-refractivity contribution in [3.63, 3.8) is 0 Å². The second-order valence-corrected chi connectivity index (χ2v) is 3.63. The zero-order valence-electron chi connectivity index (χ0n) is 9.09. The molecule has 0 aliphatic heterocycles. The zero-order valence-corrected chi connectivity index (χ0v) is 9.09. The summed E-state index contributed by atoms with van der Waals surface area (Å²) >= 11 is 0. The van der Waals surface area contributed by atoms with Gasteiger partial charge in [-0.15, -0.1) is 0 Å². The average molecular weight is 214 g/mol. The van der Waals surface area contributed by atoms with Crippen LogP contribution in [0.1, 0.15) is 22.7 Å². The molecule has 1 atom stereocenters. The average Bonchev–Trinajstić information content (AvgIpc) is 2.34. The Morgan fingerprint density at radius 2 is 1.88 bits per heavy atom. The number of aryl methyl sites for hydroxylation is 1. The van der Waals surface area contributed by atoms with E-state index >= 15 is 0 Å². The number of nitrogens with zero attached hydrogens (tertiary/aromatic N) is 2. The molecule has 4 heteroatoms. The van der Waals surface area contributed by atoms with Gasteiger partial charge in [-0.3, -0.25) is 5.84 Å². The van der Waals surface area contributed by atoms with Crippen molar-refractivity contribution >= 4 is 0 Å². The van der Waals surface area contributed by atoms with E-state index in [4.69, 9.17) is 5.84 Å². The number of hydrogen-bond acceptors (Lipinski definition) is 4. The molecule has 0 radical (unpaired) electrons. The molecule has 1 aromatic heterocycles. The van der Waals surface area contributed by atoms with E-state index < -0.39 is 0 Å². The molecule has 1 aromatic carbocycles. The summed E-state index contributed by atoms with van der Waals surface area (Å²) in [5.41, 5.74) is 6.08. The lowest BCUT2D eigenvalue weighted by molar-refractivity contribution is 0.628. The van der Waals surface area contributed by atoms with Crippen molar-refractivity contribution in [1.82, 2.24) is 15.4 Å². The molecule has 0 bridgehead atoms. The fraction of sp³-hybridized carbons (Fsp3) is 0.167. The maximum atomic E-state index is 5.60. The number of hydrazine groups is 1. The standard InChI is InChI=1S/C12H14N4/c1-9-4-2-3-5-11(9)12(16-13)10-6-14-8-15-7-10/h2-8,12,16H,13H2,1H3. The van der Waals surface area contributed by atoms with Gasteiger partial charge in [-0.25, -0.2) is 15.4 Å². The molecular weight excluding hydrogens is 200 g/mol. The molecule has 0 aliphatic carbocycles. The normalized spacial score (nSPS) is 12.4. The van der Waals surface area contributed by atoms with Gasteiger partial charge in [0.25, 0.3) is 0 Å². The van der Waals surface area contributed by atoms with E-state index in [0.29, 0.717) is 0 Å². The topological polar surface area (TPSA) is 63.8 Å². The minimum atomic E-state index is -0.0672. The van der Waals surface area contributed by atoms with Crippen LogP contribution >= 0.6 is 0 Å². The van der Waals surface area contributed by atoms with Crippen LogP contribution in [-0.4, -0.2) is 9.97 Å². The second kappa shape index (κ2) is 4.83. The SMILES string of the molecule is Cc1ccccc1C(NN)c1cncnc1. The van der Waals surface area contributed by atoms with Crippen molar-refractivity contribution in [3.8, 4) is 0 Å². The number of benzene rings is 1. The molecule has 3 N–H and O–H groups in total. The number of aromatic nitrogens is 2. The maximum Gasteiger partial charge on any atom is 0.115 e. The van der Waals surface area contributed by atoms with Crippen LogP contribution < -0.4 is 11.3 Å². The Labute approximate surface area is 94.5 Å². The van der Waals surface area contributed by atoms with Crippen LogP contribution in [0.4, 0.5) is 0 Å². The van der Waals surface area contributed by atoms with Crippen LogP contribution in [0.2, 0.25) is 0 Å². The summed E-state index contributed by atoms with van der Waals surface area (Å²) < 4.78 is 0. The van der Waals surface area contributed by atoms with Crippen LogP contribution in [-0.2, 0) is 0 Å². The Balaban J connectivity index is 2.41. The predicted molar refractivity (Wildman–Crippen MR) is 62.4 cm³/mol. The molecule has 1 heterocycles. The largest absolute Gasteiger partial charge is 0.271 e. The van der Waals surface area contributed by atoms with E-state index in [0.717, 1.165) is 11.1 Å².